The first-order valence-electron chi connectivity index (χ1n) is 5.94. The third kappa shape index (κ3) is 3.22. The first-order chi connectivity index (χ1) is 8.56. The minimum atomic E-state index is -0.433. The largest absolute Gasteiger partial charge is 0.362 e. The van der Waals surface area contributed by atoms with Gasteiger partial charge in [0.25, 0.3) is 0 Å². The van der Waals surface area contributed by atoms with Gasteiger partial charge in [0.2, 0.25) is 0 Å². The standard InChI is InChI=1S/C13H16F2N2S/c1-8-7-18-13(17-9(8)2)16-6-10-5-11(14)3-4-12(10)15/h3-5,8-9H,6-7H2,1-2H3,(H,16,17). The van der Waals surface area contributed by atoms with E-state index in [0.29, 0.717) is 12.0 Å². The van der Waals surface area contributed by atoms with Gasteiger partial charge < -0.3 is 5.32 Å². The molecule has 1 fully saturated rings. The number of amidine groups is 1. The third-order valence-electron chi connectivity index (χ3n) is 3.09. The molecule has 1 aliphatic rings. The topological polar surface area (TPSA) is 24.4 Å². The highest BCUT2D eigenvalue weighted by atomic mass is 32.2. The van der Waals surface area contributed by atoms with E-state index in [4.69, 9.17) is 0 Å². The summed E-state index contributed by atoms with van der Waals surface area (Å²) in [4.78, 5) is 4.30. The molecule has 1 aliphatic heterocycles. The lowest BCUT2D eigenvalue weighted by Crippen LogP contribution is -2.41. The van der Waals surface area contributed by atoms with Crippen molar-refractivity contribution in [2.45, 2.75) is 26.4 Å². The molecule has 0 radical (unpaired) electrons. The number of aliphatic imine (C=N–C) groups is 1. The fourth-order valence-electron chi connectivity index (χ4n) is 1.65. The van der Waals surface area contributed by atoms with Gasteiger partial charge in [-0.2, -0.15) is 0 Å². The number of halogens is 2. The summed E-state index contributed by atoms with van der Waals surface area (Å²) in [5.41, 5.74) is 0.288. The van der Waals surface area contributed by atoms with Gasteiger partial charge in [-0.1, -0.05) is 18.7 Å². The molecule has 0 aromatic heterocycles. The van der Waals surface area contributed by atoms with Gasteiger partial charge in [-0.15, -0.1) is 0 Å². The Labute approximate surface area is 110 Å². The summed E-state index contributed by atoms with van der Waals surface area (Å²) in [5.74, 6) is 0.735. The number of nitrogens with one attached hydrogen (secondary N) is 1. The normalized spacial score (nSPS) is 26.1. The highest BCUT2D eigenvalue weighted by Crippen LogP contribution is 2.20. The third-order valence-corrected chi connectivity index (χ3v) is 4.30. The first kappa shape index (κ1) is 13.3. The summed E-state index contributed by atoms with van der Waals surface area (Å²) >= 11 is 1.63. The SMILES string of the molecule is CC1CSC(=NCc2cc(F)ccc2F)NC1C. The van der Waals surface area contributed by atoms with Gasteiger partial charge >= 0.3 is 0 Å². The number of hydrogen-bond acceptors (Lipinski definition) is 2. The van der Waals surface area contributed by atoms with Crippen molar-refractivity contribution in [3.05, 3.63) is 35.4 Å². The Morgan fingerprint density at radius 1 is 1.39 bits per heavy atom. The molecule has 2 atom stereocenters. The van der Waals surface area contributed by atoms with Crippen LogP contribution in [0.2, 0.25) is 0 Å². The molecule has 0 bridgehead atoms. The number of benzene rings is 1. The van der Waals surface area contributed by atoms with Gasteiger partial charge in [-0.05, 0) is 31.0 Å². The van der Waals surface area contributed by atoms with Crippen LogP contribution in [0.3, 0.4) is 0 Å². The van der Waals surface area contributed by atoms with Crippen molar-refractivity contribution < 1.29 is 8.78 Å². The lowest BCUT2D eigenvalue weighted by molar-refractivity contribution is 0.489. The maximum Gasteiger partial charge on any atom is 0.157 e. The van der Waals surface area contributed by atoms with Gasteiger partial charge in [-0.3, -0.25) is 4.99 Å². The second-order valence-corrected chi connectivity index (χ2v) is 5.59. The summed E-state index contributed by atoms with van der Waals surface area (Å²) in [6.07, 6.45) is 0. The molecule has 1 heterocycles. The molecule has 18 heavy (non-hydrogen) atoms. The fraction of sp³-hybridized carbons (Fsp3) is 0.462. The van der Waals surface area contributed by atoms with E-state index in [9.17, 15) is 8.78 Å². The van der Waals surface area contributed by atoms with Gasteiger partial charge in [0.1, 0.15) is 11.6 Å². The van der Waals surface area contributed by atoms with Gasteiger partial charge in [0, 0.05) is 17.4 Å². The van der Waals surface area contributed by atoms with E-state index in [1.165, 1.54) is 6.07 Å². The Balaban J connectivity index is 2.04. The molecule has 1 N–H and O–H groups in total. The fourth-order valence-corrected chi connectivity index (χ4v) is 2.78. The zero-order valence-corrected chi connectivity index (χ0v) is 11.2. The lowest BCUT2D eigenvalue weighted by Gasteiger charge is -2.28. The van der Waals surface area contributed by atoms with Crippen molar-refractivity contribution in [1.82, 2.24) is 5.32 Å². The van der Waals surface area contributed by atoms with E-state index in [-0.39, 0.29) is 12.1 Å². The molecule has 0 spiro atoms. The van der Waals surface area contributed by atoms with Crippen LogP contribution in [-0.2, 0) is 6.54 Å². The summed E-state index contributed by atoms with van der Waals surface area (Å²) < 4.78 is 26.4. The molecule has 2 unspecified atom stereocenters. The highest BCUT2D eigenvalue weighted by Gasteiger charge is 2.20. The van der Waals surface area contributed by atoms with Crippen molar-refractivity contribution >= 4 is 16.9 Å². The van der Waals surface area contributed by atoms with Crippen LogP contribution in [0.1, 0.15) is 19.4 Å². The zero-order chi connectivity index (χ0) is 13.1. The monoisotopic (exact) mass is 270 g/mol. The molecule has 1 saturated heterocycles. The molecular weight excluding hydrogens is 254 g/mol. The number of rotatable bonds is 2. The van der Waals surface area contributed by atoms with Crippen LogP contribution in [0.25, 0.3) is 0 Å². The Bertz CT molecular complexity index is 462. The van der Waals surface area contributed by atoms with Gasteiger partial charge in [-0.25, -0.2) is 8.78 Å². The summed E-state index contributed by atoms with van der Waals surface area (Å²) in [6.45, 7) is 4.44. The predicted molar refractivity (Wildman–Crippen MR) is 71.7 cm³/mol. The maximum absolute atomic E-state index is 13.4. The van der Waals surface area contributed by atoms with Crippen LogP contribution in [-0.4, -0.2) is 17.0 Å². The molecule has 1 aromatic rings. The van der Waals surface area contributed by atoms with Gasteiger partial charge in [0.15, 0.2) is 5.17 Å². The minimum Gasteiger partial charge on any atom is -0.362 e. The Hall–Kier alpha value is -1.10. The highest BCUT2D eigenvalue weighted by molar-refractivity contribution is 8.13. The Morgan fingerprint density at radius 2 is 2.17 bits per heavy atom. The molecule has 98 valence electrons. The lowest BCUT2D eigenvalue weighted by atomic mass is 10.1. The van der Waals surface area contributed by atoms with Crippen LogP contribution in [0.5, 0.6) is 0 Å². The van der Waals surface area contributed by atoms with E-state index in [1.807, 2.05) is 0 Å². The molecule has 5 heteroatoms. The zero-order valence-electron chi connectivity index (χ0n) is 10.4. The number of nitrogens with zero attached hydrogens (tertiary/aromatic N) is 1. The first-order valence-corrected chi connectivity index (χ1v) is 6.92. The minimum absolute atomic E-state index is 0.167. The predicted octanol–water partition coefficient (Wildman–Crippen LogP) is 3.18. The Morgan fingerprint density at radius 3 is 2.89 bits per heavy atom. The van der Waals surface area contributed by atoms with Crippen molar-refractivity contribution in [3.8, 4) is 0 Å². The molecule has 1 aromatic carbocycles. The van der Waals surface area contributed by atoms with Crippen molar-refractivity contribution in [3.63, 3.8) is 0 Å². The molecular formula is C13H16F2N2S. The summed E-state index contributed by atoms with van der Waals surface area (Å²) in [5, 5.41) is 4.08. The molecule has 0 saturated carbocycles. The molecule has 0 aliphatic carbocycles. The second-order valence-electron chi connectivity index (χ2n) is 4.58. The number of hydrogen-bond donors (Lipinski definition) is 1. The van der Waals surface area contributed by atoms with Crippen molar-refractivity contribution in [2.75, 3.05) is 5.75 Å². The van der Waals surface area contributed by atoms with E-state index < -0.39 is 11.6 Å². The average molecular weight is 270 g/mol. The van der Waals surface area contributed by atoms with Crippen LogP contribution in [0, 0.1) is 17.6 Å². The molecule has 0 amide bonds. The van der Waals surface area contributed by atoms with E-state index in [0.717, 1.165) is 23.1 Å². The van der Waals surface area contributed by atoms with E-state index in [2.05, 4.69) is 24.2 Å². The van der Waals surface area contributed by atoms with Crippen molar-refractivity contribution in [1.29, 1.82) is 0 Å². The Kier molecular flexibility index (Phi) is 4.22. The van der Waals surface area contributed by atoms with Crippen LogP contribution >= 0.6 is 11.8 Å². The summed E-state index contributed by atoms with van der Waals surface area (Å²) in [7, 11) is 0. The van der Waals surface area contributed by atoms with Crippen LogP contribution < -0.4 is 5.32 Å². The van der Waals surface area contributed by atoms with Crippen LogP contribution in [0.4, 0.5) is 8.78 Å². The summed E-state index contributed by atoms with van der Waals surface area (Å²) in [6, 6.07) is 3.81. The molecule has 2 rings (SSSR count). The quantitative estimate of drug-likeness (QED) is 0.892. The maximum atomic E-state index is 13.4. The van der Waals surface area contributed by atoms with Crippen molar-refractivity contribution in [2.24, 2.45) is 10.9 Å². The number of thioether (sulfide) groups is 1. The van der Waals surface area contributed by atoms with Gasteiger partial charge in [0.05, 0.1) is 6.54 Å². The smallest absolute Gasteiger partial charge is 0.157 e. The van der Waals surface area contributed by atoms with E-state index in [1.54, 1.807) is 11.8 Å². The molecule has 2 nitrogen and oxygen atoms in total. The second kappa shape index (κ2) is 5.69. The van der Waals surface area contributed by atoms with Crippen LogP contribution in [0.15, 0.2) is 23.2 Å². The average Bonchev–Trinajstić information content (AvgIpc) is 2.34. The van der Waals surface area contributed by atoms with E-state index >= 15 is 0 Å².